The molecule has 3 heterocycles. The summed E-state index contributed by atoms with van der Waals surface area (Å²) < 4.78 is 1.40. The molecule has 0 saturated heterocycles. The molecule has 3 rings (SSSR count). The Morgan fingerprint density at radius 2 is 2.12 bits per heavy atom. The van der Waals surface area contributed by atoms with Crippen LogP contribution in [0.25, 0.3) is 10.6 Å². The Morgan fingerprint density at radius 3 is 2.77 bits per heavy atom. The third-order valence-corrected chi connectivity index (χ3v) is 4.82. The van der Waals surface area contributed by atoms with E-state index in [4.69, 9.17) is 0 Å². The molecule has 0 bridgehead atoms. The third-order valence-electron chi connectivity index (χ3n) is 3.93. The molecule has 0 spiro atoms. The molecule has 8 heteroatoms. The van der Waals surface area contributed by atoms with Crippen LogP contribution in [0.3, 0.4) is 0 Å². The number of carbonyl (C=O) groups is 1. The molecule has 0 unspecified atom stereocenters. The van der Waals surface area contributed by atoms with Crippen molar-refractivity contribution in [2.75, 3.05) is 0 Å². The summed E-state index contributed by atoms with van der Waals surface area (Å²) in [7, 11) is 0. The predicted octanol–water partition coefficient (Wildman–Crippen LogP) is 2.22. The lowest BCUT2D eigenvalue weighted by Gasteiger charge is -2.22. The molecule has 1 amide bonds. The van der Waals surface area contributed by atoms with E-state index >= 15 is 0 Å². The molecule has 3 aromatic heterocycles. The van der Waals surface area contributed by atoms with Gasteiger partial charge in [-0.2, -0.15) is 5.10 Å². The molecule has 26 heavy (non-hydrogen) atoms. The van der Waals surface area contributed by atoms with Crippen molar-refractivity contribution >= 4 is 17.2 Å². The van der Waals surface area contributed by atoms with Crippen molar-refractivity contribution in [1.82, 2.24) is 25.1 Å². The van der Waals surface area contributed by atoms with E-state index in [-0.39, 0.29) is 35.7 Å². The highest BCUT2D eigenvalue weighted by atomic mass is 32.1. The highest BCUT2D eigenvalue weighted by molar-refractivity contribution is 7.13. The number of nitrogens with zero attached hydrogens (tertiary/aromatic N) is 4. The smallest absolute Gasteiger partial charge is 0.271 e. The first kappa shape index (κ1) is 17.9. The summed E-state index contributed by atoms with van der Waals surface area (Å²) in [5, 5.41) is 9.34. The van der Waals surface area contributed by atoms with Gasteiger partial charge >= 0.3 is 0 Å². The van der Waals surface area contributed by atoms with Gasteiger partial charge in [-0.15, -0.1) is 11.3 Å². The van der Waals surface area contributed by atoms with Crippen molar-refractivity contribution in [3.05, 3.63) is 64.3 Å². The number of nitrogens with one attached hydrogen (secondary N) is 1. The maximum absolute atomic E-state index is 12.4. The van der Waals surface area contributed by atoms with E-state index in [1.54, 1.807) is 17.4 Å². The van der Waals surface area contributed by atoms with Crippen LogP contribution in [-0.4, -0.2) is 31.7 Å². The van der Waals surface area contributed by atoms with Gasteiger partial charge in [0, 0.05) is 18.5 Å². The Bertz CT molecular complexity index is 922. The van der Waals surface area contributed by atoms with Crippen LogP contribution in [0.1, 0.15) is 24.3 Å². The molecule has 1 N–H and O–H groups in total. The zero-order chi connectivity index (χ0) is 18.5. The van der Waals surface area contributed by atoms with Crippen LogP contribution in [0.2, 0.25) is 0 Å². The van der Waals surface area contributed by atoms with Crippen LogP contribution in [-0.2, 0) is 6.54 Å². The Kier molecular flexibility index (Phi) is 5.52. The van der Waals surface area contributed by atoms with Gasteiger partial charge in [-0.25, -0.2) is 9.67 Å². The fourth-order valence-corrected chi connectivity index (χ4v) is 3.09. The first-order valence-corrected chi connectivity index (χ1v) is 9.11. The first-order chi connectivity index (χ1) is 12.5. The maximum Gasteiger partial charge on any atom is 0.271 e. The molecule has 0 aliphatic rings. The van der Waals surface area contributed by atoms with Crippen LogP contribution in [0.5, 0.6) is 0 Å². The van der Waals surface area contributed by atoms with Gasteiger partial charge in [0.2, 0.25) is 0 Å². The predicted molar refractivity (Wildman–Crippen MR) is 99.9 cm³/mol. The van der Waals surface area contributed by atoms with Crippen LogP contribution < -0.4 is 10.9 Å². The number of aromatic nitrogens is 4. The molecule has 0 aliphatic carbocycles. The molecule has 3 aromatic rings. The van der Waals surface area contributed by atoms with E-state index in [1.807, 2.05) is 31.4 Å². The molecular formula is C18H19N5O2S. The number of rotatable bonds is 6. The summed E-state index contributed by atoms with van der Waals surface area (Å²) in [4.78, 5) is 33.5. The van der Waals surface area contributed by atoms with Crippen molar-refractivity contribution < 1.29 is 4.79 Å². The van der Waals surface area contributed by atoms with E-state index in [1.165, 1.54) is 29.3 Å². The summed E-state index contributed by atoms with van der Waals surface area (Å²) in [6, 6.07) is 6.84. The number of amides is 1. The average Bonchev–Trinajstić information content (AvgIpc) is 3.18. The SMILES string of the molecule is CC(C)[C@@H](Cn1nc(-c2cccs2)ccc1=O)NC(=O)c1cnccn1. The van der Waals surface area contributed by atoms with Gasteiger partial charge < -0.3 is 5.32 Å². The molecule has 0 aromatic carbocycles. The topological polar surface area (TPSA) is 89.8 Å². The van der Waals surface area contributed by atoms with E-state index in [2.05, 4.69) is 20.4 Å². The number of carbonyl (C=O) groups excluding carboxylic acids is 1. The lowest BCUT2D eigenvalue weighted by Crippen LogP contribution is -2.44. The Morgan fingerprint density at radius 1 is 1.27 bits per heavy atom. The highest BCUT2D eigenvalue weighted by Gasteiger charge is 2.20. The zero-order valence-electron chi connectivity index (χ0n) is 14.5. The third kappa shape index (κ3) is 4.20. The van der Waals surface area contributed by atoms with Gasteiger partial charge in [0.1, 0.15) is 11.4 Å². The second kappa shape index (κ2) is 8.01. The van der Waals surface area contributed by atoms with E-state index in [9.17, 15) is 9.59 Å². The number of hydrogen-bond donors (Lipinski definition) is 1. The number of hydrogen-bond acceptors (Lipinski definition) is 6. The van der Waals surface area contributed by atoms with Crippen molar-refractivity contribution in [3.63, 3.8) is 0 Å². The average molecular weight is 369 g/mol. The standard InChI is InChI=1S/C18H19N5O2S/c1-12(2)15(21-18(25)14-10-19-7-8-20-14)11-23-17(24)6-5-13(22-23)16-4-3-9-26-16/h3-10,12,15H,11H2,1-2H3,(H,21,25)/t15-/m1/s1. The van der Waals surface area contributed by atoms with Gasteiger partial charge in [-0.1, -0.05) is 19.9 Å². The van der Waals surface area contributed by atoms with Crippen molar-refractivity contribution in [3.8, 4) is 10.6 Å². The molecule has 0 radical (unpaired) electrons. The van der Waals surface area contributed by atoms with Crippen molar-refractivity contribution in [2.24, 2.45) is 5.92 Å². The Balaban J connectivity index is 1.81. The molecular weight excluding hydrogens is 350 g/mol. The lowest BCUT2D eigenvalue weighted by atomic mass is 10.0. The number of thiophene rings is 1. The summed E-state index contributed by atoms with van der Waals surface area (Å²) in [5.41, 5.74) is 0.776. The van der Waals surface area contributed by atoms with Crippen LogP contribution in [0.15, 0.2) is 53.0 Å². The van der Waals surface area contributed by atoms with Gasteiger partial charge in [0.05, 0.1) is 23.7 Å². The lowest BCUT2D eigenvalue weighted by molar-refractivity contribution is 0.0913. The molecule has 134 valence electrons. The van der Waals surface area contributed by atoms with E-state index < -0.39 is 0 Å². The molecule has 0 fully saturated rings. The molecule has 1 atom stereocenters. The second-order valence-electron chi connectivity index (χ2n) is 6.13. The maximum atomic E-state index is 12.4. The summed E-state index contributed by atoms with van der Waals surface area (Å²) in [6.45, 7) is 4.24. The van der Waals surface area contributed by atoms with Crippen molar-refractivity contribution in [1.29, 1.82) is 0 Å². The zero-order valence-corrected chi connectivity index (χ0v) is 15.3. The van der Waals surface area contributed by atoms with Crippen LogP contribution in [0.4, 0.5) is 0 Å². The van der Waals surface area contributed by atoms with Gasteiger partial charge in [0.15, 0.2) is 0 Å². The minimum atomic E-state index is -0.320. The van der Waals surface area contributed by atoms with Gasteiger partial charge in [0.25, 0.3) is 11.5 Å². The molecule has 0 aliphatic heterocycles. The normalized spacial score (nSPS) is 12.1. The Labute approximate surface area is 154 Å². The Hall–Kier alpha value is -2.87. The highest BCUT2D eigenvalue weighted by Crippen LogP contribution is 2.21. The van der Waals surface area contributed by atoms with Gasteiger partial charge in [-0.3, -0.25) is 14.6 Å². The fourth-order valence-electron chi connectivity index (χ4n) is 2.40. The van der Waals surface area contributed by atoms with Gasteiger partial charge in [-0.05, 0) is 23.4 Å². The minimum absolute atomic E-state index is 0.106. The fraction of sp³-hybridized carbons (Fsp3) is 0.278. The quantitative estimate of drug-likeness (QED) is 0.719. The molecule has 0 saturated carbocycles. The van der Waals surface area contributed by atoms with Crippen molar-refractivity contribution in [2.45, 2.75) is 26.4 Å². The second-order valence-corrected chi connectivity index (χ2v) is 7.08. The summed E-state index contributed by atoms with van der Waals surface area (Å²) in [5.74, 6) is -0.214. The van der Waals surface area contributed by atoms with E-state index in [0.29, 0.717) is 0 Å². The monoisotopic (exact) mass is 369 g/mol. The summed E-state index contributed by atoms with van der Waals surface area (Å²) >= 11 is 1.56. The minimum Gasteiger partial charge on any atom is -0.346 e. The largest absolute Gasteiger partial charge is 0.346 e. The van der Waals surface area contributed by atoms with E-state index in [0.717, 1.165) is 10.6 Å². The van der Waals surface area contributed by atoms with Crippen LogP contribution >= 0.6 is 11.3 Å². The first-order valence-electron chi connectivity index (χ1n) is 8.23. The molecule has 7 nitrogen and oxygen atoms in total. The summed E-state index contributed by atoms with van der Waals surface area (Å²) in [6.07, 6.45) is 4.39. The van der Waals surface area contributed by atoms with Crippen LogP contribution in [0, 0.1) is 5.92 Å².